The van der Waals surface area contributed by atoms with E-state index >= 15 is 0 Å². The van der Waals surface area contributed by atoms with Gasteiger partial charge in [-0.25, -0.2) is 14.4 Å². The Kier molecular flexibility index (Phi) is 10.0. The van der Waals surface area contributed by atoms with Crippen LogP contribution in [0.25, 0.3) is 0 Å². The summed E-state index contributed by atoms with van der Waals surface area (Å²) in [4.78, 5) is 37.1. The van der Waals surface area contributed by atoms with Crippen molar-refractivity contribution >= 4 is 18.0 Å². The molecule has 0 aliphatic heterocycles. The zero-order valence-electron chi connectivity index (χ0n) is 16.6. The van der Waals surface area contributed by atoms with Crippen LogP contribution < -0.4 is 5.32 Å². The minimum atomic E-state index is -1.49. The van der Waals surface area contributed by atoms with E-state index in [0.717, 1.165) is 5.56 Å². The predicted molar refractivity (Wildman–Crippen MR) is 104 cm³/mol. The van der Waals surface area contributed by atoms with Crippen molar-refractivity contribution in [1.82, 2.24) is 10.2 Å². The molecule has 3 N–H and O–H groups in total. The number of ether oxygens (including phenoxy) is 1. The number of urea groups is 1. The highest BCUT2D eigenvalue weighted by Crippen LogP contribution is 2.08. The minimum absolute atomic E-state index is 0.0627. The average molecular weight is 394 g/mol. The van der Waals surface area contributed by atoms with E-state index in [4.69, 9.17) is 4.74 Å². The number of aliphatic carboxylic acids is 1. The Morgan fingerprint density at radius 2 is 1.79 bits per heavy atom. The number of carbonyl (C=O) groups excluding carboxylic acids is 2. The molecule has 0 aliphatic rings. The van der Waals surface area contributed by atoms with Crippen molar-refractivity contribution in [2.75, 3.05) is 19.7 Å². The molecule has 0 aliphatic carbocycles. The van der Waals surface area contributed by atoms with Crippen LogP contribution in [0.5, 0.6) is 0 Å². The Morgan fingerprint density at radius 1 is 1.14 bits per heavy atom. The largest absolute Gasteiger partial charge is 0.480 e. The lowest BCUT2D eigenvalue weighted by atomic mass is 10.1. The number of carboxylic acid groups (broad SMARTS) is 1. The third-order valence-electron chi connectivity index (χ3n) is 3.99. The first-order chi connectivity index (χ1) is 13.2. The van der Waals surface area contributed by atoms with E-state index in [2.05, 4.69) is 5.32 Å². The number of aryl methyl sites for hydroxylation is 1. The highest BCUT2D eigenvalue weighted by atomic mass is 16.5. The van der Waals surface area contributed by atoms with Crippen LogP contribution in [0.2, 0.25) is 0 Å². The lowest BCUT2D eigenvalue weighted by Crippen LogP contribution is -2.52. The van der Waals surface area contributed by atoms with Gasteiger partial charge in [0.2, 0.25) is 0 Å². The Hall–Kier alpha value is -2.61. The van der Waals surface area contributed by atoms with Crippen LogP contribution in [-0.4, -0.2) is 64.9 Å². The van der Waals surface area contributed by atoms with Gasteiger partial charge in [0, 0.05) is 6.54 Å². The maximum absolute atomic E-state index is 12.6. The number of amides is 2. The van der Waals surface area contributed by atoms with Crippen LogP contribution in [0.15, 0.2) is 30.3 Å². The summed E-state index contributed by atoms with van der Waals surface area (Å²) in [7, 11) is 0. The number of benzene rings is 1. The summed E-state index contributed by atoms with van der Waals surface area (Å²) >= 11 is 0. The molecule has 0 aromatic heterocycles. The standard InChI is InChI=1S/C20H30N2O6/c1-4-28-19(26)17(23)13-22(12-14(2)3)20(27)21-16(18(24)25)11-10-15-8-6-5-7-9-15/h5-9,14,16-17,23H,4,10-13H2,1-3H3,(H,21,27)(H,24,25)/t16-,17-/m0/s1. The zero-order chi connectivity index (χ0) is 21.1. The number of aliphatic hydroxyl groups is 1. The van der Waals surface area contributed by atoms with Gasteiger partial charge in [-0.1, -0.05) is 44.2 Å². The summed E-state index contributed by atoms with van der Waals surface area (Å²) in [5.41, 5.74) is 0.972. The number of rotatable bonds is 11. The Labute approximate surface area is 165 Å². The molecule has 156 valence electrons. The maximum Gasteiger partial charge on any atom is 0.336 e. The van der Waals surface area contributed by atoms with Crippen LogP contribution in [0.1, 0.15) is 32.8 Å². The van der Waals surface area contributed by atoms with E-state index in [-0.39, 0.29) is 32.0 Å². The number of aliphatic hydroxyl groups excluding tert-OH is 1. The molecule has 0 radical (unpaired) electrons. The summed E-state index contributed by atoms with van der Waals surface area (Å²) in [6, 6.07) is 7.66. The van der Waals surface area contributed by atoms with Crippen LogP contribution in [0.4, 0.5) is 4.79 Å². The van der Waals surface area contributed by atoms with E-state index in [0.29, 0.717) is 6.42 Å². The Bertz CT molecular complexity index is 635. The molecule has 8 nitrogen and oxygen atoms in total. The third-order valence-corrected chi connectivity index (χ3v) is 3.99. The summed E-state index contributed by atoms with van der Waals surface area (Å²) in [6.07, 6.45) is -0.772. The molecule has 0 heterocycles. The molecule has 0 bridgehead atoms. The van der Waals surface area contributed by atoms with E-state index in [9.17, 15) is 24.6 Å². The second-order valence-electron chi connectivity index (χ2n) is 6.93. The summed E-state index contributed by atoms with van der Waals surface area (Å²) in [6.45, 7) is 5.48. The number of nitrogens with zero attached hydrogens (tertiary/aromatic N) is 1. The molecule has 2 amide bonds. The maximum atomic E-state index is 12.6. The molecule has 1 rings (SSSR count). The van der Waals surface area contributed by atoms with E-state index in [1.165, 1.54) is 4.90 Å². The number of carboxylic acids is 1. The summed E-state index contributed by atoms with van der Waals surface area (Å²) < 4.78 is 4.75. The van der Waals surface area contributed by atoms with Gasteiger partial charge in [-0.15, -0.1) is 0 Å². The van der Waals surface area contributed by atoms with Crippen molar-refractivity contribution in [2.45, 2.75) is 45.8 Å². The van der Waals surface area contributed by atoms with Crippen LogP contribution >= 0.6 is 0 Å². The molecular weight excluding hydrogens is 364 g/mol. The first kappa shape index (κ1) is 23.4. The lowest BCUT2D eigenvalue weighted by Gasteiger charge is -2.28. The first-order valence-corrected chi connectivity index (χ1v) is 9.41. The number of carbonyl (C=O) groups is 3. The monoisotopic (exact) mass is 394 g/mol. The predicted octanol–water partition coefficient (Wildman–Crippen LogP) is 1.66. The van der Waals surface area contributed by atoms with E-state index in [1.807, 2.05) is 44.2 Å². The fourth-order valence-corrected chi connectivity index (χ4v) is 2.66. The molecule has 28 heavy (non-hydrogen) atoms. The van der Waals surface area contributed by atoms with E-state index in [1.54, 1.807) is 6.92 Å². The highest BCUT2D eigenvalue weighted by Gasteiger charge is 2.27. The van der Waals surface area contributed by atoms with Gasteiger partial charge in [0.15, 0.2) is 6.10 Å². The van der Waals surface area contributed by atoms with Crippen molar-refractivity contribution < 1.29 is 29.3 Å². The fraction of sp³-hybridized carbons (Fsp3) is 0.550. The molecule has 0 fully saturated rings. The highest BCUT2D eigenvalue weighted by molar-refractivity contribution is 5.83. The number of hydrogen-bond donors (Lipinski definition) is 3. The number of hydrogen-bond acceptors (Lipinski definition) is 5. The third kappa shape index (κ3) is 8.39. The Balaban J connectivity index is 2.75. The fourth-order valence-electron chi connectivity index (χ4n) is 2.66. The molecule has 0 saturated carbocycles. The molecule has 8 heteroatoms. The second-order valence-corrected chi connectivity index (χ2v) is 6.93. The van der Waals surface area contributed by atoms with Crippen molar-refractivity contribution in [3.05, 3.63) is 35.9 Å². The lowest BCUT2D eigenvalue weighted by molar-refractivity contribution is -0.153. The molecule has 1 aromatic carbocycles. The Morgan fingerprint density at radius 3 is 2.32 bits per heavy atom. The van der Waals surface area contributed by atoms with Gasteiger partial charge in [-0.05, 0) is 31.2 Å². The molecular formula is C20H30N2O6. The zero-order valence-corrected chi connectivity index (χ0v) is 16.6. The van der Waals surface area contributed by atoms with Crippen molar-refractivity contribution in [1.29, 1.82) is 0 Å². The summed E-state index contributed by atoms with van der Waals surface area (Å²) in [5.74, 6) is -1.89. The molecule has 2 atom stereocenters. The normalized spacial score (nSPS) is 12.9. The van der Waals surface area contributed by atoms with Gasteiger partial charge in [-0.3, -0.25) is 0 Å². The molecule has 0 spiro atoms. The van der Waals surface area contributed by atoms with Gasteiger partial charge in [0.1, 0.15) is 6.04 Å². The van der Waals surface area contributed by atoms with Crippen LogP contribution in [0, 0.1) is 5.92 Å². The van der Waals surface area contributed by atoms with Crippen molar-refractivity contribution in [2.24, 2.45) is 5.92 Å². The second kappa shape index (κ2) is 12.0. The van der Waals surface area contributed by atoms with Gasteiger partial charge < -0.3 is 25.2 Å². The topological polar surface area (TPSA) is 116 Å². The van der Waals surface area contributed by atoms with Crippen LogP contribution in [0.3, 0.4) is 0 Å². The smallest absolute Gasteiger partial charge is 0.336 e. The van der Waals surface area contributed by atoms with Gasteiger partial charge in [0.05, 0.1) is 13.2 Å². The van der Waals surface area contributed by atoms with Gasteiger partial charge in [0.25, 0.3) is 0 Å². The molecule has 0 saturated heterocycles. The summed E-state index contributed by atoms with van der Waals surface area (Å²) in [5, 5.41) is 21.9. The SMILES string of the molecule is CCOC(=O)[C@@H](O)CN(CC(C)C)C(=O)N[C@@H](CCc1ccccc1)C(=O)O. The quantitative estimate of drug-likeness (QED) is 0.492. The van der Waals surface area contributed by atoms with Gasteiger partial charge in [-0.2, -0.15) is 0 Å². The minimum Gasteiger partial charge on any atom is -0.480 e. The van der Waals surface area contributed by atoms with Crippen molar-refractivity contribution in [3.8, 4) is 0 Å². The van der Waals surface area contributed by atoms with Gasteiger partial charge >= 0.3 is 18.0 Å². The number of esters is 1. The van der Waals surface area contributed by atoms with Crippen LogP contribution in [-0.2, 0) is 20.7 Å². The van der Waals surface area contributed by atoms with E-state index < -0.39 is 30.1 Å². The van der Waals surface area contributed by atoms with Crippen molar-refractivity contribution in [3.63, 3.8) is 0 Å². The number of nitrogens with one attached hydrogen (secondary N) is 1. The molecule has 1 aromatic rings. The molecule has 0 unspecified atom stereocenters. The first-order valence-electron chi connectivity index (χ1n) is 9.41. The average Bonchev–Trinajstić information content (AvgIpc) is 2.64.